The van der Waals surface area contributed by atoms with Crippen LogP contribution in [0, 0.1) is 0 Å². The number of carbonyl (C=O) groups excluding carboxylic acids is 1. The monoisotopic (exact) mass is 358 g/mol. The quantitative estimate of drug-likeness (QED) is 0.759. The number of halogens is 3. The van der Waals surface area contributed by atoms with Gasteiger partial charge in [0.25, 0.3) is 5.91 Å². The summed E-state index contributed by atoms with van der Waals surface area (Å²) >= 11 is 22.7. The molecule has 0 radical (unpaired) electrons. The highest BCUT2D eigenvalue weighted by Gasteiger charge is 2.12. The summed E-state index contributed by atoms with van der Waals surface area (Å²) in [5, 5.41) is 6.82. The Hall–Kier alpha value is -1.33. The number of amides is 1. The van der Waals surface area contributed by atoms with Gasteiger partial charge in [0.2, 0.25) is 0 Å². The van der Waals surface area contributed by atoms with E-state index in [1.54, 1.807) is 30.3 Å². The van der Waals surface area contributed by atoms with Gasteiger partial charge >= 0.3 is 0 Å². The summed E-state index contributed by atoms with van der Waals surface area (Å²) < 4.78 is 0. The van der Waals surface area contributed by atoms with Crippen LogP contribution < -0.4 is 10.6 Å². The average Bonchev–Trinajstić information content (AvgIpc) is 2.38. The number of carbonyl (C=O) groups is 1. The highest BCUT2D eigenvalue weighted by Crippen LogP contribution is 2.21. The number of hydrogen-bond acceptors (Lipinski definition) is 2. The second-order valence-electron chi connectivity index (χ2n) is 4.04. The van der Waals surface area contributed by atoms with Gasteiger partial charge in [-0.1, -0.05) is 40.9 Å². The zero-order chi connectivity index (χ0) is 15.4. The number of hydrogen-bond donors (Lipinski definition) is 2. The van der Waals surface area contributed by atoms with E-state index in [1.807, 2.05) is 0 Å². The SMILES string of the molecule is O=C(NC(=S)Nc1cccc(Cl)c1)c1ccc(Cl)cc1Cl. The second-order valence-corrected chi connectivity index (χ2v) is 5.73. The minimum Gasteiger partial charge on any atom is -0.332 e. The van der Waals surface area contributed by atoms with Crippen molar-refractivity contribution in [3.05, 3.63) is 63.1 Å². The van der Waals surface area contributed by atoms with E-state index in [2.05, 4.69) is 10.6 Å². The molecule has 0 aromatic heterocycles. The van der Waals surface area contributed by atoms with E-state index in [0.29, 0.717) is 15.7 Å². The Bertz CT molecular complexity index is 706. The minimum atomic E-state index is -0.420. The van der Waals surface area contributed by atoms with Crippen molar-refractivity contribution in [3.8, 4) is 0 Å². The van der Waals surface area contributed by atoms with Gasteiger partial charge in [-0.3, -0.25) is 10.1 Å². The number of benzene rings is 2. The largest absolute Gasteiger partial charge is 0.332 e. The van der Waals surface area contributed by atoms with Gasteiger partial charge in [-0.05, 0) is 48.6 Å². The molecule has 108 valence electrons. The third-order valence-electron chi connectivity index (χ3n) is 2.49. The Kier molecular flexibility index (Phi) is 5.42. The maximum absolute atomic E-state index is 12.1. The van der Waals surface area contributed by atoms with Gasteiger partial charge in [-0.25, -0.2) is 0 Å². The summed E-state index contributed by atoms with van der Waals surface area (Å²) in [6, 6.07) is 11.6. The third kappa shape index (κ3) is 4.58. The van der Waals surface area contributed by atoms with Crippen LogP contribution in [0.5, 0.6) is 0 Å². The molecule has 2 rings (SSSR count). The predicted octanol–water partition coefficient (Wildman–Crippen LogP) is 4.77. The fraction of sp³-hybridized carbons (Fsp3) is 0. The van der Waals surface area contributed by atoms with E-state index < -0.39 is 5.91 Å². The van der Waals surface area contributed by atoms with Crippen LogP contribution in [0.25, 0.3) is 0 Å². The first-order valence-corrected chi connectivity index (χ1v) is 7.33. The minimum absolute atomic E-state index is 0.147. The Morgan fingerprint density at radius 2 is 1.71 bits per heavy atom. The van der Waals surface area contributed by atoms with E-state index >= 15 is 0 Å². The molecule has 3 nitrogen and oxygen atoms in total. The van der Waals surface area contributed by atoms with E-state index in [9.17, 15) is 4.79 Å². The molecule has 1 amide bonds. The maximum Gasteiger partial charge on any atom is 0.258 e. The van der Waals surface area contributed by atoms with Gasteiger partial charge in [0.1, 0.15) is 0 Å². The van der Waals surface area contributed by atoms with Crippen LogP contribution in [0.2, 0.25) is 15.1 Å². The smallest absolute Gasteiger partial charge is 0.258 e. The molecule has 0 fully saturated rings. The van der Waals surface area contributed by atoms with Gasteiger partial charge < -0.3 is 5.32 Å². The van der Waals surface area contributed by atoms with Crippen molar-refractivity contribution in [1.29, 1.82) is 0 Å². The van der Waals surface area contributed by atoms with Crippen LogP contribution in [-0.2, 0) is 0 Å². The van der Waals surface area contributed by atoms with Crippen molar-refractivity contribution in [2.24, 2.45) is 0 Å². The summed E-state index contributed by atoms with van der Waals surface area (Å²) in [7, 11) is 0. The lowest BCUT2D eigenvalue weighted by Crippen LogP contribution is -2.34. The first-order valence-electron chi connectivity index (χ1n) is 5.78. The molecule has 0 aliphatic rings. The predicted molar refractivity (Wildman–Crippen MR) is 91.6 cm³/mol. The molecule has 21 heavy (non-hydrogen) atoms. The van der Waals surface area contributed by atoms with Crippen LogP contribution in [0.4, 0.5) is 5.69 Å². The first-order chi connectivity index (χ1) is 9.95. The second kappa shape index (κ2) is 7.09. The van der Waals surface area contributed by atoms with Crippen molar-refractivity contribution < 1.29 is 4.79 Å². The Morgan fingerprint density at radius 3 is 2.38 bits per heavy atom. The van der Waals surface area contributed by atoms with E-state index in [1.165, 1.54) is 12.1 Å². The third-order valence-corrected chi connectivity index (χ3v) is 3.47. The molecule has 7 heteroatoms. The first kappa shape index (κ1) is 16.0. The van der Waals surface area contributed by atoms with E-state index in [-0.39, 0.29) is 15.7 Å². The molecular formula is C14H9Cl3N2OS. The van der Waals surface area contributed by atoms with Gasteiger partial charge in [0, 0.05) is 15.7 Å². The molecule has 2 aromatic carbocycles. The maximum atomic E-state index is 12.1. The normalized spacial score (nSPS) is 10.0. The lowest BCUT2D eigenvalue weighted by atomic mass is 10.2. The lowest BCUT2D eigenvalue weighted by molar-refractivity contribution is 0.0978. The number of thiocarbonyl (C=S) groups is 1. The summed E-state index contributed by atoms with van der Waals surface area (Å²) in [5.41, 5.74) is 0.964. The molecule has 0 bridgehead atoms. The fourth-order valence-corrected chi connectivity index (χ4v) is 2.47. The topological polar surface area (TPSA) is 41.1 Å². The highest BCUT2D eigenvalue weighted by atomic mass is 35.5. The molecule has 0 aliphatic carbocycles. The van der Waals surface area contributed by atoms with Crippen molar-refractivity contribution in [1.82, 2.24) is 5.32 Å². The summed E-state index contributed by atoms with van der Waals surface area (Å²) in [4.78, 5) is 12.1. The zero-order valence-corrected chi connectivity index (χ0v) is 13.6. The zero-order valence-electron chi connectivity index (χ0n) is 10.5. The molecule has 2 aromatic rings. The van der Waals surface area contributed by atoms with Crippen LogP contribution >= 0.6 is 47.0 Å². The van der Waals surface area contributed by atoms with Crippen molar-refractivity contribution in [2.45, 2.75) is 0 Å². The van der Waals surface area contributed by atoms with E-state index in [4.69, 9.17) is 47.0 Å². The summed E-state index contributed by atoms with van der Waals surface area (Å²) in [6.45, 7) is 0. The summed E-state index contributed by atoms with van der Waals surface area (Å²) in [5.74, 6) is -0.420. The van der Waals surface area contributed by atoms with Gasteiger partial charge in [-0.2, -0.15) is 0 Å². The van der Waals surface area contributed by atoms with Crippen LogP contribution in [0.1, 0.15) is 10.4 Å². The van der Waals surface area contributed by atoms with Crippen LogP contribution in [0.3, 0.4) is 0 Å². The van der Waals surface area contributed by atoms with Gasteiger partial charge in [0.05, 0.1) is 10.6 Å². The van der Waals surface area contributed by atoms with Crippen molar-refractivity contribution in [3.63, 3.8) is 0 Å². The lowest BCUT2D eigenvalue weighted by Gasteiger charge is -2.10. The van der Waals surface area contributed by atoms with Crippen molar-refractivity contribution >= 4 is 63.7 Å². The Morgan fingerprint density at radius 1 is 1.00 bits per heavy atom. The number of rotatable bonds is 2. The van der Waals surface area contributed by atoms with E-state index in [0.717, 1.165) is 0 Å². The molecular weight excluding hydrogens is 351 g/mol. The molecule has 2 N–H and O–H groups in total. The van der Waals surface area contributed by atoms with Gasteiger partial charge in [0.15, 0.2) is 5.11 Å². The number of anilines is 1. The molecule has 0 atom stereocenters. The molecule has 0 unspecified atom stereocenters. The van der Waals surface area contributed by atoms with Crippen LogP contribution in [-0.4, -0.2) is 11.0 Å². The standard InChI is InChI=1S/C14H9Cl3N2OS/c15-8-2-1-3-10(6-8)18-14(21)19-13(20)11-5-4-9(16)7-12(11)17/h1-7H,(H2,18,19,20,21). The highest BCUT2D eigenvalue weighted by molar-refractivity contribution is 7.80. The fourth-order valence-electron chi connectivity index (χ4n) is 1.57. The van der Waals surface area contributed by atoms with Crippen molar-refractivity contribution in [2.75, 3.05) is 5.32 Å². The van der Waals surface area contributed by atoms with Crippen LogP contribution in [0.15, 0.2) is 42.5 Å². The molecule has 0 heterocycles. The molecule has 0 spiro atoms. The Labute approximate surface area is 142 Å². The molecule has 0 aliphatic heterocycles. The average molecular weight is 360 g/mol. The number of nitrogens with one attached hydrogen (secondary N) is 2. The molecule has 0 saturated heterocycles. The van der Waals surface area contributed by atoms with Gasteiger partial charge in [-0.15, -0.1) is 0 Å². The Balaban J connectivity index is 2.04. The molecule has 0 saturated carbocycles. The summed E-state index contributed by atoms with van der Waals surface area (Å²) in [6.07, 6.45) is 0.